The lowest BCUT2D eigenvalue weighted by molar-refractivity contribution is -0.384. The number of ether oxygens (including phenoxy) is 1. The van der Waals surface area contributed by atoms with Gasteiger partial charge in [-0.25, -0.2) is 5.43 Å². The van der Waals surface area contributed by atoms with Crippen molar-refractivity contribution in [3.05, 3.63) is 68.7 Å². The van der Waals surface area contributed by atoms with E-state index < -0.39 is 22.8 Å². The lowest BCUT2D eigenvalue weighted by atomic mass is 10.0. The molecule has 10 nitrogen and oxygen atoms in total. The van der Waals surface area contributed by atoms with E-state index in [0.717, 1.165) is 0 Å². The highest BCUT2D eigenvalue weighted by Gasteiger charge is 2.25. The second-order valence-electron chi connectivity index (χ2n) is 8.04. The highest BCUT2D eigenvalue weighted by Crippen LogP contribution is 2.29. The summed E-state index contributed by atoms with van der Waals surface area (Å²) in [5.41, 5.74) is 3.65. The summed E-state index contributed by atoms with van der Waals surface area (Å²) >= 11 is 5.93. The SMILES string of the molecule is CC(C)C(NC(=O)c1cccc(Cl)c1)C(=O)NN=Cc1ccc(N2CCOCC2)c([N+](=O)[O-])c1. The first-order valence-corrected chi connectivity index (χ1v) is 11.1. The summed E-state index contributed by atoms with van der Waals surface area (Å²) in [4.78, 5) is 38.2. The van der Waals surface area contributed by atoms with Crippen LogP contribution in [0.2, 0.25) is 5.02 Å². The Bertz CT molecular complexity index is 1090. The maximum Gasteiger partial charge on any atom is 0.293 e. The highest BCUT2D eigenvalue weighted by atomic mass is 35.5. The van der Waals surface area contributed by atoms with Crippen LogP contribution in [0.15, 0.2) is 47.6 Å². The zero-order valence-corrected chi connectivity index (χ0v) is 19.6. The topological polar surface area (TPSA) is 126 Å². The van der Waals surface area contributed by atoms with Crippen molar-refractivity contribution < 1.29 is 19.2 Å². The van der Waals surface area contributed by atoms with E-state index in [4.69, 9.17) is 16.3 Å². The van der Waals surface area contributed by atoms with Crippen molar-refractivity contribution in [2.75, 3.05) is 31.2 Å². The number of carbonyl (C=O) groups is 2. The minimum absolute atomic E-state index is 0.0500. The molecule has 2 aromatic carbocycles. The Morgan fingerprint density at radius 1 is 1.21 bits per heavy atom. The summed E-state index contributed by atoms with van der Waals surface area (Å²) in [7, 11) is 0. The van der Waals surface area contributed by atoms with E-state index in [2.05, 4.69) is 15.8 Å². The molecule has 1 fully saturated rings. The first kappa shape index (κ1) is 25.1. The van der Waals surface area contributed by atoms with Gasteiger partial charge in [0, 0.05) is 35.3 Å². The van der Waals surface area contributed by atoms with Crippen LogP contribution < -0.4 is 15.6 Å². The first-order chi connectivity index (χ1) is 16.3. The van der Waals surface area contributed by atoms with Gasteiger partial charge in [-0.3, -0.25) is 19.7 Å². The van der Waals surface area contributed by atoms with Gasteiger partial charge in [-0.15, -0.1) is 0 Å². The van der Waals surface area contributed by atoms with E-state index in [1.54, 1.807) is 44.2 Å². The molecule has 2 N–H and O–H groups in total. The lowest BCUT2D eigenvalue weighted by Crippen LogP contribution is -2.48. The molecule has 2 aromatic rings. The number of hydrazone groups is 1. The Labute approximate surface area is 202 Å². The maximum absolute atomic E-state index is 12.7. The standard InChI is InChI=1S/C23H26ClN5O5/c1-15(2)21(26-22(30)17-4-3-5-18(24)13-17)23(31)27-25-14-16-6-7-19(20(12-16)29(32)33)28-8-10-34-11-9-28/h3-7,12-15,21H,8-11H2,1-2H3,(H,26,30)(H,27,31). The quantitative estimate of drug-likeness (QED) is 0.335. The Balaban J connectivity index is 1.67. The molecule has 180 valence electrons. The van der Waals surface area contributed by atoms with Crippen LogP contribution in [0.25, 0.3) is 0 Å². The highest BCUT2D eigenvalue weighted by molar-refractivity contribution is 6.31. The molecule has 0 aromatic heterocycles. The number of morpholine rings is 1. The number of nitro benzene ring substituents is 1. The molecule has 2 amide bonds. The molecule has 1 atom stereocenters. The minimum Gasteiger partial charge on any atom is -0.378 e. The number of carbonyl (C=O) groups excluding carboxylic acids is 2. The van der Waals surface area contributed by atoms with Crippen molar-refractivity contribution >= 4 is 41.0 Å². The number of amides is 2. The minimum atomic E-state index is -0.846. The number of nitrogens with zero attached hydrogens (tertiary/aromatic N) is 3. The summed E-state index contributed by atoms with van der Waals surface area (Å²) in [6.07, 6.45) is 1.32. The first-order valence-electron chi connectivity index (χ1n) is 10.8. The third-order valence-corrected chi connectivity index (χ3v) is 5.49. The zero-order valence-electron chi connectivity index (χ0n) is 18.9. The number of hydrogen-bond donors (Lipinski definition) is 2. The van der Waals surface area contributed by atoms with Gasteiger partial charge in [0.15, 0.2) is 0 Å². The smallest absolute Gasteiger partial charge is 0.293 e. The zero-order chi connectivity index (χ0) is 24.7. The molecule has 0 saturated carbocycles. The maximum atomic E-state index is 12.7. The van der Waals surface area contributed by atoms with Gasteiger partial charge in [0.05, 0.1) is 24.4 Å². The Morgan fingerprint density at radius 3 is 2.59 bits per heavy atom. The fourth-order valence-corrected chi connectivity index (χ4v) is 3.66. The number of halogens is 1. The monoisotopic (exact) mass is 487 g/mol. The van der Waals surface area contributed by atoms with Crippen LogP contribution in [-0.2, 0) is 9.53 Å². The molecule has 3 rings (SSSR count). The third kappa shape index (κ3) is 6.52. The average molecular weight is 488 g/mol. The van der Waals surface area contributed by atoms with E-state index >= 15 is 0 Å². The Hall–Kier alpha value is -3.50. The predicted octanol–water partition coefficient (Wildman–Crippen LogP) is 2.99. The summed E-state index contributed by atoms with van der Waals surface area (Å²) in [5.74, 6) is -1.16. The second-order valence-corrected chi connectivity index (χ2v) is 8.48. The molecule has 11 heteroatoms. The Kier molecular flexibility index (Phi) is 8.55. The fourth-order valence-electron chi connectivity index (χ4n) is 3.47. The summed E-state index contributed by atoms with van der Waals surface area (Å²) in [6, 6.07) is 10.3. The molecule has 0 spiro atoms. The van der Waals surface area contributed by atoms with Crippen molar-refractivity contribution in [3.63, 3.8) is 0 Å². The van der Waals surface area contributed by atoms with Gasteiger partial charge in [0.25, 0.3) is 17.5 Å². The molecule has 1 unspecified atom stereocenters. The summed E-state index contributed by atoms with van der Waals surface area (Å²) < 4.78 is 5.31. The van der Waals surface area contributed by atoms with Crippen molar-refractivity contribution in [3.8, 4) is 0 Å². The van der Waals surface area contributed by atoms with Crippen molar-refractivity contribution in [1.29, 1.82) is 0 Å². The molecule has 1 aliphatic heterocycles. The van der Waals surface area contributed by atoms with Gasteiger partial charge in [-0.2, -0.15) is 5.10 Å². The van der Waals surface area contributed by atoms with E-state index in [1.165, 1.54) is 18.3 Å². The molecular weight excluding hydrogens is 462 g/mol. The molecule has 0 radical (unpaired) electrons. The van der Waals surface area contributed by atoms with Gasteiger partial charge >= 0.3 is 0 Å². The van der Waals surface area contributed by atoms with Crippen LogP contribution >= 0.6 is 11.6 Å². The number of anilines is 1. The number of nitrogens with one attached hydrogen (secondary N) is 2. The van der Waals surface area contributed by atoms with E-state index in [0.29, 0.717) is 48.1 Å². The fraction of sp³-hybridized carbons (Fsp3) is 0.348. The summed E-state index contributed by atoms with van der Waals surface area (Å²) in [6.45, 7) is 5.75. The van der Waals surface area contributed by atoms with Crippen LogP contribution in [-0.4, -0.2) is 55.3 Å². The third-order valence-electron chi connectivity index (χ3n) is 5.26. The molecule has 1 saturated heterocycles. The molecular formula is C23H26ClN5O5. The number of nitro groups is 1. The van der Waals surface area contributed by atoms with E-state index in [1.807, 2.05) is 4.90 Å². The molecule has 0 bridgehead atoms. The van der Waals surface area contributed by atoms with Gasteiger partial charge in [-0.1, -0.05) is 37.6 Å². The van der Waals surface area contributed by atoms with Crippen LogP contribution in [0.5, 0.6) is 0 Å². The molecule has 0 aliphatic carbocycles. The number of rotatable bonds is 8. The van der Waals surface area contributed by atoms with Crippen LogP contribution in [0.3, 0.4) is 0 Å². The van der Waals surface area contributed by atoms with Crippen molar-refractivity contribution in [1.82, 2.24) is 10.7 Å². The van der Waals surface area contributed by atoms with Crippen LogP contribution in [0, 0.1) is 16.0 Å². The summed E-state index contributed by atoms with van der Waals surface area (Å²) in [5, 5.41) is 18.6. The molecule has 1 aliphatic rings. The van der Waals surface area contributed by atoms with Crippen LogP contribution in [0.1, 0.15) is 29.8 Å². The Morgan fingerprint density at radius 2 is 1.94 bits per heavy atom. The van der Waals surface area contributed by atoms with Crippen molar-refractivity contribution in [2.45, 2.75) is 19.9 Å². The van der Waals surface area contributed by atoms with Gasteiger partial charge in [0.1, 0.15) is 11.7 Å². The molecule has 1 heterocycles. The number of hydrogen-bond acceptors (Lipinski definition) is 7. The van der Waals surface area contributed by atoms with Gasteiger partial charge in [-0.05, 0) is 30.2 Å². The molecule has 34 heavy (non-hydrogen) atoms. The van der Waals surface area contributed by atoms with Crippen molar-refractivity contribution in [2.24, 2.45) is 11.0 Å². The number of benzene rings is 2. The van der Waals surface area contributed by atoms with Crippen LogP contribution in [0.4, 0.5) is 11.4 Å². The normalized spacial score (nSPS) is 14.8. The lowest BCUT2D eigenvalue weighted by Gasteiger charge is -2.28. The largest absolute Gasteiger partial charge is 0.378 e. The predicted molar refractivity (Wildman–Crippen MR) is 129 cm³/mol. The van der Waals surface area contributed by atoms with E-state index in [-0.39, 0.29) is 11.6 Å². The average Bonchev–Trinajstić information content (AvgIpc) is 2.82. The van der Waals surface area contributed by atoms with Gasteiger partial charge < -0.3 is 15.0 Å². The second kappa shape index (κ2) is 11.6. The van der Waals surface area contributed by atoms with Gasteiger partial charge in [0.2, 0.25) is 0 Å². The van der Waals surface area contributed by atoms with E-state index in [9.17, 15) is 19.7 Å².